The molecule has 1 aliphatic rings. The van der Waals surface area contributed by atoms with Crippen LogP contribution in [-0.2, 0) is 11.2 Å². The Labute approximate surface area is 118 Å². The van der Waals surface area contributed by atoms with Gasteiger partial charge >= 0.3 is 0 Å². The second kappa shape index (κ2) is 5.12. The largest absolute Gasteiger partial charge is 0.373 e. The molecule has 0 spiro atoms. The Hall–Kier alpha value is -2.50. The molecule has 1 unspecified atom stereocenters. The van der Waals surface area contributed by atoms with Gasteiger partial charge in [-0.3, -0.25) is 4.79 Å². The Morgan fingerprint density at radius 2 is 1.95 bits per heavy atom. The number of carbonyl (C=O) groups excluding carboxylic acids is 1. The fourth-order valence-electron chi connectivity index (χ4n) is 2.32. The molecule has 2 aromatic carbocycles. The normalized spacial score (nSPS) is 16.2. The molecule has 0 aliphatic carbocycles. The lowest BCUT2D eigenvalue weighted by atomic mass is 10.1. The van der Waals surface area contributed by atoms with Gasteiger partial charge in [-0.2, -0.15) is 0 Å². The molecule has 0 saturated heterocycles. The lowest BCUT2D eigenvalue weighted by molar-refractivity contribution is -0.116. The lowest BCUT2D eigenvalue weighted by Gasteiger charge is -2.12. The molecule has 0 radical (unpaired) electrons. The van der Waals surface area contributed by atoms with Crippen LogP contribution in [0.25, 0.3) is 0 Å². The number of hydrogen-bond acceptors (Lipinski definition) is 2. The van der Waals surface area contributed by atoms with E-state index in [1.807, 2.05) is 24.3 Å². The van der Waals surface area contributed by atoms with Crippen molar-refractivity contribution >= 4 is 17.3 Å². The number of carbonyl (C=O) groups is 1. The number of benzene rings is 2. The van der Waals surface area contributed by atoms with Gasteiger partial charge in [0.15, 0.2) is 11.6 Å². The van der Waals surface area contributed by atoms with Crippen LogP contribution in [0.1, 0.15) is 5.56 Å². The zero-order chi connectivity index (χ0) is 15.0. The maximum atomic E-state index is 13.5. The van der Waals surface area contributed by atoms with Crippen LogP contribution in [-0.4, -0.2) is 11.9 Å². The molecule has 0 saturated carbocycles. The number of fused-ring (bicyclic) bond motifs is 1. The van der Waals surface area contributed by atoms with Gasteiger partial charge < -0.3 is 10.6 Å². The van der Waals surface area contributed by atoms with Crippen LogP contribution in [0.5, 0.6) is 0 Å². The molecular formula is C15H11F3N2O. The molecule has 0 fully saturated rings. The summed E-state index contributed by atoms with van der Waals surface area (Å²) in [4.78, 5) is 12.1. The van der Waals surface area contributed by atoms with Crippen LogP contribution >= 0.6 is 0 Å². The minimum Gasteiger partial charge on any atom is -0.373 e. The predicted molar refractivity (Wildman–Crippen MR) is 72.5 cm³/mol. The number of amides is 1. The number of rotatable bonds is 2. The zero-order valence-electron chi connectivity index (χ0n) is 10.8. The van der Waals surface area contributed by atoms with Gasteiger partial charge in [0.25, 0.3) is 0 Å². The van der Waals surface area contributed by atoms with Crippen LogP contribution < -0.4 is 10.6 Å². The average molecular weight is 292 g/mol. The van der Waals surface area contributed by atoms with Crippen molar-refractivity contribution in [2.45, 2.75) is 12.5 Å². The third-order valence-electron chi connectivity index (χ3n) is 3.34. The van der Waals surface area contributed by atoms with Crippen molar-refractivity contribution in [3.63, 3.8) is 0 Å². The van der Waals surface area contributed by atoms with Crippen LogP contribution in [0.2, 0.25) is 0 Å². The Morgan fingerprint density at radius 1 is 1.19 bits per heavy atom. The predicted octanol–water partition coefficient (Wildman–Crippen LogP) is 3.08. The summed E-state index contributed by atoms with van der Waals surface area (Å²) in [5, 5.41) is 5.19. The minimum atomic E-state index is -1.34. The van der Waals surface area contributed by atoms with Crippen molar-refractivity contribution in [2.24, 2.45) is 0 Å². The topological polar surface area (TPSA) is 41.1 Å². The summed E-state index contributed by atoms with van der Waals surface area (Å²) >= 11 is 0. The SMILES string of the molecule is O=C(Nc1cc(F)cc(F)c1F)C1Cc2ccccc2N1. The molecule has 6 heteroatoms. The van der Waals surface area contributed by atoms with E-state index in [0.29, 0.717) is 12.5 Å². The van der Waals surface area contributed by atoms with Crippen molar-refractivity contribution < 1.29 is 18.0 Å². The van der Waals surface area contributed by atoms with E-state index < -0.39 is 35.1 Å². The van der Waals surface area contributed by atoms with E-state index in [2.05, 4.69) is 10.6 Å². The van der Waals surface area contributed by atoms with Crippen LogP contribution in [0, 0.1) is 17.5 Å². The van der Waals surface area contributed by atoms with Gasteiger partial charge in [0.05, 0.1) is 5.69 Å². The first kappa shape index (κ1) is 13.5. The molecule has 3 rings (SSSR count). The van der Waals surface area contributed by atoms with E-state index >= 15 is 0 Å². The van der Waals surface area contributed by atoms with Crippen molar-refractivity contribution in [3.8, 4) is 0 Å². The highest BCUT2D eigenvalue weighted by molar-refractivity contribution is 5.98. The quantitative estimate of drug-likeness (QED) is 0.835. The van der Waals surface area contributed by atoms with Gasteiger partial charge in [0.2, 0.25) is 5.91 Å². The van der Waals surface area contributed by atoms with E-state index in [4.69, 9.17) is 0 Å². The molecule has 1 amide bonds. The molecule has 1 heterocycles. The maximum Gasteiger partial charge on any atom is 0.247 e. The van der Waals surface area contributed by atoms with Crippen molar-refractivity contribution in [2.75, 3.05) is 10.6 Å². The summed E-state index contributed by atoms with van der Waals surface area (Å²) in [6.45, 7) is 0. The average Bonchev–Trinajstić information content (AvgIpc) is 2.88. The van der Waals surface area contributed by atoms with E-state index in [0.717, 1.165) is 17.3 Å². The molecule has 0 aromatic heterocycles. The van der Waals surface area contributed by atoms with Gasteiger partial charge in [0.1, 0.15) is 11.9 Å². The first-order chi connectivity index (χ1) is 10.0. The summed E-state index contributed by atoms with van der Waals surface area (Å²) in [5.41, 5.74) is 1.28. The minimum absolute atomic E-state index is 0.425. The summed E-state index contributed by atoms with van der Waals surface area (Å²) in [6.07, 6.45) is 0.432. The Balaban J connectivity index is 1.77. The number of hydrogen-bond donors (Lipinski definition) is 2. The smallest absolute Gasteiger partial charge is 0.247 e. The number of nitrogens with one attached hydrogen (secondary N) is 2. The third kappa shape index (κ3) is 2.56. The van der Waals surface area contributed by atoms with Crippen LogP contribution in [0.3, 0.4) is 0 Å². The molecule has 0 bridgehead atoms. The van der Waals surface area contributed by atoms with Gasteiger partial charge in [-0.25, -0.2) is 13.2 Å². The molecule has 2 N–H and O–H groups in total. The molecule has 3 nitrogen and oxygen atoms in total. The molecular weight excluding hydrogens is 281 g/mol. The van der Waals surface area contributed by atoms with Crippen molar-refractivity contribution in [1.29, 1.82) is 0 Å². The van der Waals surface area contributed by atoms with E-state index in [1.54, 1.807) is 0 Å². The fraction of sp³-hybridized carbons (Fsp3) is 0.133. The van der Waals surface area contributed by atoms with Crippen molar-refractivity contribution in [1.82, 2.24) is 0 Å². The summed E-state index contributed by atoms with van der Waals surface area (Å²) in [5.74, 6) is -4.12. The summed E-state index contributed by atoms with van der Waals surface area (Å²) in [7, 11) is 0. The van der Waals surface area contributed by atoms with Gasteiger partial charge in [0, 0.05) is 24.2 Å². The van der Waals surface area contributed by atoms with Crippen LogP contribution in [0.4, 0.5) is 24.5 Å². The van der Waals surface area contributed by atoms with Crippen LogP contribution in [0.15, 0.2) is 36.4 Å². The van der Waals surface area contributed by atoms with Gasteiger partial charge in [-0.1, -0.05) is 18.2 Å². The monoisotopic (exact) mass is 292 g/mol. The maximum absolute atomic E-state index is 13.5. The third-order valence-corrected chi connectivity index (χ3v) is 3.34. The Bertz CT molecular complexity index is 693. The molecule has 1 atom stereocenters. The second-order valence-electron chi connectivity index (χ2n) is 4.80. The molecule has 21 heavy (non-hydrogen) atoms. The number of anilines is 2. The highest BCUT2D eigenvalue weighted by Gasteiger charge is 2.27. The Morgan fingerprint density at radius 3 is 2.71 bits per heavy atom. The first-order valence-corrected chi connectivity index (χ1v) is 6.34. The van der Waals surface area contributed by atoms with E-state index in [1.165, 1.54) is 0 Å². The Kier molecular flexibility index (Phi) is 3.29. The lowest BCUT2D eigenvalue weighted by Crippen LogP contribution is -2.33. The first-order valence-electron chi connectivity index (χ1n) is 6.34. The molecule has 1 aliphatic heterocycles. The fourth-order valence-corrected chi connectivity index (χ4v) is 2.32. The number of para-hydroxylation sites is 1. The summed E-state index contributed by atoms with van der Waals surface area (Å²) in [6, 6.07) is 7.94. The van der Waals surface area contributed by atoms with Crippen molar-refractivity contribution in [3.05, 3.63) is 59.4 Å². The highest BCUT2D eigenvalue weighted by Crippen LogP contribution is 2.26. The van der Waals surface area contributed by atoms with Gasteiger partial charge in [-0.05, 0) is 11.6 Å². The highest BCUT2D eigenvalue weighted by atomic mass is 19.2. The standard InChI is InChI=1S/C15H11F3N2O/c16-9-6-10(17)14(18)12(7-9)20-15(21)13-5-8-3-1-2-4-11(8)19-13/h1-4,6-7,13,19H,5H2,(H,20,21). The molecule has 2 aromatic rings. The van der Waals surface area contributed by atoms with E-state index in [-0.39, 0.29) is 0 Å². The second-order valence-corrected chi connectivity index (χ2v) is 4.80. The van der Waals surface area contributed by atoms with Gasteiger partial charge in [-0.15, -0.1) is 0 Å². The number of halogens is 3. The van der Waals surface area contributed by atoms with E-state index in [9.17, 15) is 18.0 Å². The zero-order valence-corrected chi connectivity index (χ0v) is 10.8. The molecule has 108 valence electrons. The summed E-state index contributed by atoms with van der Waals surface area (Å²) < 4.78 is 39.7.